The predicted molar refractivity (Wildman–Crippen MR) is 254 cm³/mol. The van der Waals surface area contributed by atoms with E-state index in [0.29, 0.717) is 42.7 Å². The highest BCUT2D eigenvalue weighted by Gasteiger charge is 2.40. The van der Waals surface area contributed by atoms with Crippen LogP contribution in [0.4, 0.5) is 4.39 Å². The van der Waals surface area contributed by atoms with Gasteiger partial charge in [0.25, 0.3) is 11.8 Å². The summed E-state index contributed by atoms with van der Waals surface area (Å²) < 4.78 is 35.4. The van der Waals surface area contributed by atoms with E-state index in [9.17, 15) is 28.7 Å². The SMILES string of the molecule is CN[C@@H](C)C(=O)C[C@H](C(=O)N1CCN(C(=O)c2cc3cc(F)ccc3n2CC(=O)N2C[C@@H](O)C[C@H]2COc2cc(CN3CCC(Oc4ccnc5ccsc45)CC3)on2)[C@@H](C)C1)C1CCCCC1. The maximum Gasteiger partial charge on any atom is 0.270 e. The van der Waals surface area contributed by atoms with Crippen LogP contribution in [0.3, 0.4) is 0 Å². The van der Waals surface area contributed by atoms with Crippen molar-refractivity contribution in [2.75, 3.05) is 52.9 Å². The van der Waals surface area contributed by atoms with Gasteiger partial charge in [-0.25, -0.2) is 4.39 Å². The van der Waals surface area contributed by atoms with Crippen LogP contribution in [0.5, 0.6) is 11.6 Å². The van der Waals surface area contributed by atoms with E-state index < -0.39 is 23.9 Å². The van der Waals surface area contributed by atoms with Gasteiger partial charge in [0.05, 0.1) is 34.9 Å². The van der Waals surface area contributed by atoms with Crippen molar-refractivity contribution in [3.8, 4) is 11.6 Å². The Kier molecular flexibility index (Phi) is 14.7. The summed E-state index contributed by atoms with van der Waals surface area (Å²) in [6.45, 7) is 6.73. The Hall–Kier alpha value is -5.43. The van der Waals surface area contributed by atoms with Crippen LogP contribution in [-0.4, -0.2) is 146 Å². The third kappa shape index (κ3) is 10.6. The van der Waals surface area contributed by atoms with Crippen molar-refractivity contribution in [3.05, 3.63) is 71.3 Å². The lowest BCUT2D eigenvalue weighted by Crippen LogP contribution is -2.57. The molecule has 0 unspecified atom stereocenters. The minimum atomic E-state index is -0.777. The fourth-order valence-corrected chi connectivity index (χ4v) is 11.5. The van der Waals surface area contributed by atoms with Crippen LogP contribution in [0.1, 0.15) is 87.9 Å². The largest absolute Gasteiger partial charge is 0.489 e. The summed E-state index contributed by atoms with van der Waals surface area (Å²) in [5, 5.41) is 20.5. The smallest absolute Gasteiger partial charge is 0.270 e. The summed E-state index contributed by atoms with van der Waals surface area (Å²) >= 11 is 1.63. The quantitative estimate of drug-likeness (QED) is 0.120. The van der Waals surface area contributed by atoms with E-state index in [2.05, 4.69) is 20.4 Å². The first kappa shape index (κ1) is 47.6. The molecule has 3 aliphatic heterocycles. The molecule has 3 saturated heterocycles. The first-order chi connectivity index (χ1) is 32.9. The second-order valence-electron chi connectivity index (χ2n) is 19.2. The van der Waals surface area contributed by atoms with Gasteiger partial charge in [0, 0.05) is 80.8 Å². The van der Waals surface area contributed by atoms with Crippen LogP contribution in [0.15, 0.2) is 58.6 Å². The number of likely N-dealkylation sites (tertiary alicyclic amines) is 2. The molecule has 3 amide bonds. The van der Waals surface area contributed by atoms with E-state index >= 15 is 0 Å². The molecule has 0 bridgehead atoms. The van der Waals surface area contributed by atoms with Crippen molar-refractivity contribution in [2.24, 2.45) is 11.8 Å². The molecule has 1 aromatic carbocycles. The number of aliphatic hydroxyl groups is 1. The van der Waals surface area contributed by atoms with Crippen LogP contribution in [-0.2, 0) is 27.5 Å². The number of nitrogens with one attached hydrogen (secondary N) is 1. The zero-order valence-corrected chi connectivity index (χ0v) is 40.0. The number of likely N-dealkylation sites (N-methyl/N-ethyl adjacent to an activating group) is 1. The van der Waals surface area contributed by atoms with Gasteiger partial charge in [0.1, 0.15) is 42.3 Å². The Balaban J connectivity index is 0.815. The number of rotatable bonds is 16. The molecule has 1 saturated carbocycles. The van der Waals surface area contributed by atoms with Gasteiger partial charge in [0.15, 0.2) is 5.76 Å². The molecule has 5 atom stereocenters. The summed E-state index contributed by atoms with van der Waals surface area (Å²) in [6, 6.07) is 10.3. The van der Waals surface area contributed by atoms with Crippen molar-refractivity contribution in [1.82, 2.24) is 39.6 Å². The van der Waals surface area contributed by atoms with E-state index in [1.165, 1.54) is 12.1 Å². The Morgan fingerprint density at radius 2 is 1.79 bits per heavy atom. The normalized spacial score (nSPS) is 22.0. The summed E-state index contributed by atoms with van der Waals surface area (Å²) in [5.74, 6) is 0.418. The number of ether oxygens (including phenoxy) is 2. The number of piperazine rings is 1. The molecule has 16 nitrogen and oxygen atoms in total. The van der Waals surface area contributed by atoms with Gasteiger partial charge in [-0.3, -0.25) is 29.1 Å². The molecule has 7 heterocycles. The molecular formula is C50H63FN8O8S. The van der Waals surface area contributed by atoms with E-state index in [1.54, 1.807) is 57.1 Å². The standard InChI is InChI=1S/C50H63FN8O8S/c1-31-26-56(49(63)40(25-44(61)32(2)52-3)33-7-5-4-6-8-33)18-19-57(31)50(64)43-22-34-21-35(51)9-10-42(34)59(43)29-47(62)58-27-37(60)23-36(58)30-65-46-24-39(67-54-46)28-55-16-12-38(13-17-55)66-45-11-15-53-41-14-20-68-48(41)45/h9-11,14-15,20-22,24,31-33,36-38,40,52,60H,4-8,12-13,16-19,23,25-30H2,1-3H3/t31-,32-,36-,37-,40-/m0/s1. The van der Waals surface area contributed by atoms with Crippen LogP contribution in [0, 0.1) is 17.7 Å². The van der Waals surface area contributed by atoms with E-state index in [-0.39, 0.29) is 91.8 Å². The number of fused-ring (bicyclic) bond motifs is 2. The third-order valence-corrected chi connectivity index (χ3v) is 15.6. The highest BCUT2D eigenvalue weighted by Crippen LogP contribution is 2.35. The maximum absolute atomic E-state index is 14.6. The lowest BCUT2D eigenvalue weighted by molar-refractivity contribution is -0.143. The fourth-order valence-electron chi connectivity index (χ4n) is 10.7. The van der Waals surface area contributed by atoms with Gasteiger partial charge in [-0.2, -0.15) is 0 Å². The Morgan fingerprint density at radius 3 is 2.57 bits per heavy atom. The molecule has 4 aromatic heterocycles. The van der Waals surface area contributed by atoms with Gasteiger partial charge in [-0.15, -0.1) is 11.3 Å². The van der Waals surface area contributed by atoms with Crippen LogP contribution in [0.2, 0.25) is 0 Å². The molecular weight excluding hydrogens is 892 g/mol. The molecule has 0 radical (unpaired) electrons. The summed E-state index contributed by atoms with van der Waals surface area (Å²) in [4.78, 5) is 68.0. The van der Waals surface area contributed by atoms with Crippen LogP contribution < -0.4 is 14.8 Å². The number of nitrogens with zero attached hydrogens (tertiary/aromatic N) is 7. The summed E-state index contributed by atoms with van der Waals surface area (Å²) in [7, 11) is 1.75. The van der Waals surface area contributed by atoms with Crippen molar-refractivity contribution in [2.45, 2.75) is 115 Å². The topological polar surface area (TPSA) is 176 Å². The molecule has 9 rings (SSSR count). The molecule has 68 heavy (non-hydrogen) atoms. The number of amides is 3. The number of piperidine rings is 1. The number of thiophene rings is 1. The molecule has 5 aromatic rings. The number of hydrogen-bond donors (Lipinski definition) is 2. The monoisotopic (exact) mass is 954 g/mol. The van der Waals surface area contributed by atoms with Gasteiger partial charge in [0.2, 0.25) is 11.8 Å². The molecule has 4 fully saturated rings. The van der Waals surface area contributed by atoms with E-state index in [1.807, 2.05) is 36.3 Å². The molecule has 1 aliphatic carbocycles. The van der Waals surface area contributed by atoms with Crippen molar-refractivity contribution >= 4 is 56.0 Å². The number of hydrogen-bond acceptors (Lipinski definition) is 13. The molecule has 0 spiro atoms. The van der Waals surface area contributed by atoms with Crippen molar-refractivity contribution < 1.29 is 42.7 Å². The third-order valence-electron chi connectivity index (χ3n) is 14.6. The number of aromatic nitrogens is 3. The molecule has 4 aliphatic rings. The number of Topliss-reactive ketones (excluding diaryl/α,β-unsaturated/α-hetero) is 1. The number of ketones is 1. The van der Waals surface area contributed by atoms with Crippen LogP contribution in [0.25, 0.3) is 21.1 Å². The number of halogens is 1. The van der Waals surface area contributed by atoms with E-state index in [4.69, 9.17) is 14.0 Å². The minimum absolute atomic E-state index is 0.0235. The zero-order chi connectivity index (χ0) is 47.5. The second-order valence-corrected chi connectivity index (χ2v) is 20.1. The zero-order valence-electron chi connectivity index (χ0n) is 39.2. The molecule has 364 valence electrons. The Morgan fingerprint density at radius 1 is 0.985 bits per heavy atom. The average Bonchev–Trinajstić information content (AvgIpc) is 4.17. The highest BCUT2D eigenvalue weighted by molar-refractivity contribution is 7.17. The number of carbonyl (C=O) groups excluding carboxylic acids is 4. The number of carbonyl (C=O) groups is 4. The lowest BCUT2D eigenvalue weighted by atomic mass is 9.76. The summed E-state index contributed by atoms with van der Waals surface area (Å²) in [6.07, 6.45) is 8.41. The number of pyridine rings is 1. The van der Waals surface area contributed by atoms with Crippen LogP contribution >= 0.6 is 11.3 Å². The highest BCUT2D eigenvalue weighted by atomic mass is 32.1. The lowest BCUT2D eigenvalue weighted by Gasteiger charge is -2.42. The summed E-state index contributed by atoms with van der Waals surface area (Å²) in [5.41, 5.74) is 1.69. The van der Waals surface area contributed by atoms with E-state index in [0.717, 1.165) is 74.0 Å². The van der Waals surface area contributed by atoms with Gasteiger partial charge in [-0.1, -0.05) is 19.3 Å². The molecule has 2 N–H and O–H groups in total. The number of aliphatic hydroxyl groups excluding tert-OH is 1. The van der Waals surface area contributed by atoms with Gasteiger partial charge < -0.3 is 43.7 Å². The van der Waals surface area contributed by atoms with Gasteiger partial charge >= 0.3 is 0 Å². The number of benzene rings is 1. The Labute approximate surface area is 399 Å². The van der Waals surface area contributed by atoms with Gasteiger partial charge in [-0.05, 0) is 106 Å². The fraction of sp³-hybridized carbons (Fsp3) is 0.560. The van der Waals surface area contributed by atoms with Crippen molar-refractivity contribution in [1.29, 1.82) is 0 Å². The Bertz CT molecular complexity index is 2590. The average molecular weight is 955 g/mol. The van der Waals surface area contributed by atoms with Crippen molar-refractivity contribution in [3.63, 3.8) is 0 Å². The molecule has 18 heteroatoms. The predicted octanol–water partition coefficient (Wildman–Crippen LogP) is 5.90. The first-order valence-corrected chi connectivity index (χ1v) is 25.2. The first-order valence-electron chi connectivity index (χ1n) is 24.3. The second kappa shape index (κ2) is 21.1. The minimum Gasteiger partial charge on any atom is -0.489 e. The number of β-amino-alcohol motifs (C(OH)–C–C–N with tert-alkyl or cyclic N) is 1. The maximum atomic E-state index is 14.6.